The van der Waals surface area contributed by atoms with Crippen LogP contribution in [0.3, 0.4) is 0 Å². The van der Waals surface area contributed by atoms with Crippen LogP contribution in [0.4, 0.5) is 10.1 Å². The Hall–Kier alpha value is -3.33. The lowest BCUT2D eigenvalue weighted by Gasteiger charge is -2.40. The monoisotopic (exact) mass is 468 g/mol. The predicted octanol–water partition coefficient (Wildman–Crippen LogP) is 3.37. The Labute approximate surface area is 197 Å². The highest BCUT2D eigenvalue weighted by Gasteiger charge is 2.37. The fraction of sp³-hybridized carbons (Fsp3) is 0.440. The lowest BCUT2D eigenvalue weighted by molar-refractivity contribution is -0.384. The summed E-state index contributed by atoms with van der Waals surface area (Å²) in [4.78, 5) is 40.5. The lowest BCUT2D eigenvalue weighted by Crippen LogP contribution is -2.57. The molecule has 1 saturated carbocycles. The van der Waals surface area contributed by atoms with E-state index in [4.69, 9.17) is 0 Å². The van der Waals surface area contributed by atoms with E-state index in [9.17, 15) is 24.1 Å². The first-order chi connectivity index (χ1) is 16.4. The molecule has 0 aromatic heterocycles. The molecule has 2 aliphatic rings. The molecule has 2 aromatic rings. The molecule has 180 valence electrons. The number of benzene rings is 2. The van der Waals surface area contributed by atoms with E-state index in [0.29, 0.717) is 38.3 Å². The van der Waals surface area contributed by atoms with Crippen LogP contribution in [0.5, 0.6) is 0 Å². The number of nitrogens with one attached hydrogen (secondary N) is 1. The Balaban J connectivity index is 1.39. The molecule has 0 radical (unpaired) electrons. The average molecular weight is 469 g/mol. The van der Waals surface area contributed by atoms with E-state index >= 15 is 0 Å². The van der Waals surface area contributed by atoms with Crippen molar-refractivity contribution in [2.24, 2.45) is 5.92 Å². The number of piperazine rings is 1. The number of carbonyl (C=O) groups excluding carboxylic acids is 2. The smallest absolute Gasteiger partial charge is 0.270 e. The molecule has 2 fully saturated rings. The summed E-state index contributed by atoms with van der Waals surface area (Å²) in [6, 6.07) is 11.6. The normalized spacial score (nSPS) is 18.0. The number of hydrogen-bond acceptors (Lipinski definition) is 5. The summed E-state index contributed by atoms with van der Waals surface area (Å²) in [6.45, 7) is 2.37. The number of nitro groups is 1. The highest BCUT2D eigenvalue weighted by atomic mass is 19.1. The third-order valence-corrected chi connectivity index (χ3v) is 6.79. The summed E-state index contributed by atoms with van der Waals surface area (Å²) in [5.74, 6) is -0.306. The standard InChI is InChI=1S/C25H29FN4O4/c26-21-10-8-18(9-11-21)17-27-24(31)23(19-4-1-2-5-19)28-12-14-29(15-13-28)25(32)20-6-3-7-22(16-20)30(33)34/h3,6-11,16,19,23H,1-2,4-5,12-15,17H2,(H,27,31). The van der Waals surface area contributed by atoms with E-state index in [1.165, 1.54) is 30.3 Å². The van der Waals surface area contributed by atoms with Crippen LogP contribution in [0.25, 0.3) is 0 Å². The molecule has 1 unspecified atom stereocenters. The molecular weight excluding hydrogens is 439 g/mol. The van der Waals surface area contributed by atoms with Crippen LogP contribution in [0, 0.1) is 21.8 Å². The molecule has 1 atom stereocenters. The molecule has 1 heterocycles. The lowest BCUT2D eigenvalue weighted by atomic mass is 9.94. The highest BCUT2D eigenvalue weighted by Crippen LogP contribution is 2.31. The van der Waals surface area contributed by atoms with Crippen LogP contribution in [-0.4, -0.2) is 58.8 Å². The number of halogens is 1. The zero-order valence-corrected chi connectivity index (χ0v) is 19.0. The van der Waals surface area contributed by atoms with E-state index in [0.717, 1.165) is 31.2 Å². The van der Waals surface area contributed by atoms with Gasteiger partial charge in [0.25, 0.3) is 11.6 Å². The molecular formula is C25H29FN4O4. The molecule has 4 rings (SSSR count). The van der Waals surface area contributed by atoms with Gasteiger partial charge in [-0.3, -0.25) is 24.6 Å². The molecule has 1 aliphatic carbocycles. The third-order valence-electron chi connectivity index (χ3n) is 6.79. The van der Waals surface area contributed by atoms with Gasteiger partial charge in [-0.25, -0.2) is 4.39 Å². The molecule has 1 aliphatic heterocycles. The van der Waals surface area contributed by atoms with Crippen LogP contribution < -0.4 is 5.32 Å². The van der Waals surface area contributed by atoms with E-state index in [1.807, 2.05) is 0 Å². The molecule has 34 heavy (non-hydrogen) atoms. The largest absolute Gasteiger partial charge is 0.351 e. The highest BCUT2D eigenvalue weighted by molar-refractivity contribution is 5.95. The van der Waals surface area contributed by atoms with E-state index in [1.54, 1.807) is 23.1 Å². The SMILES string of the molecule is O=C(NCc1ccc(F)cc1)C(C1CCCC1)N1CCN(C(=O)c2cccc([N+](=O)[O-])c2)CC1. The van der Waals surface area contributed by atoms with E-state index in [2.05, 4.69) is 10.2 Å². The van der Waals surface area contributed by atoms with Crippen LogP contribution >= 0.6 is 0 Å². The van der Waals surface area contributed by atoms with Crippen LogP contribution in [-0.2, 0) is 11.3 Å². The molecule has 8 nitrogen and oxygen atoms in total. The first-order valence-corrected chi connectivity index (χ1v) is 11.7. The van der Waals surface area contributed by atoms with Gasteiger partial charge in [-0.05, 0) is 42.5 Å². The maximum absolute atomic E-state index is 13.2. The summed E-state index contributed by atoms with van der Waals surface area (Å²) in [6.07, 6.45) is 4.22. The summed E-state index contributed by atoms with van der Waals surface area (Å²) in [5.41, 5.74) is 1.03. The number of non-ortho nitro benzene ring substituents is 1. The van der Waals surface area contributed by atoms with Gasteiger partial charge in [-0.2, -0.15) is 0 Å². The predicted molar refractivity (Wildman–Crippen MR) is 125 cm³/mol. The third kappa shape index (κ3) is 5.59. The Morgan fingerprint density at radius 3 is 2.38 bits per heavy atom. The second-order valence-electron chi connectivity index (χ2n) is 8.97. The molecule has 1 saturated heterocycles. The maximum Gasteiger partial charge on any atom is 0.270 e. The Morgan fingerprint density at radius 2 is 1.74 bits per heavy atom. The van der Waals surface area contributed by atoms with Crippen molar-refractivity contribution in [3.05, 3.63) is 75.6 Å². The Bertz CT molecular complexity index is 1030. The number of amides is 2. The van der Waals surface area contributed by atoms with Crippen molar-refractivity contribution in [2.75, 3.05) is 26.2 Å². The van der Waals surface area contributed by atoms with Gasteiger partial charge in [-0.15, -0.1) is 0 Å². The van der Waals surface area contributed by atoms with Crippen molar-refractivity contribution in [1.29, 1.82) is 0 Å². The number of nitro benzene ring substituents is 1. The quantitative estimate of drug-likeness (QED) is 0.497. The number of hydrogen-bond donors (Lipinski definition) is 1. The number of carbonyl (C=O) groups is 2. The van der Waals surface area contributed by atoms with E-state index < -0.39 is 4.92 Å². The van der Waals surface area contributed by atoms with Crippen molar-refractivity contribution in [3.63, 3.8) is 0 Å². The van der Waals surface area contributed by atoms with Gasteiger partial charge < -0.3 is 10.2 Å². The van der Waals surface area contributed by atoms with Crippen molar-refractivity contribution in [2.45, 2.75) is 38.3 Å². The van der Waals surface area contributed by atoms with Crippen molar-refractivity contribution < 1.29 is 18.9 Å². The maximum atomic E-state index is 13.2. The van der Waals surface area contributed by atoms with Crippen LogP contribution in [0.2, 0.25) is 0 Å². The Kier molecular flexibility index (Phi) is 7.52. The minimum absolute atomic E-state index is 0.0327. The molecule has 0 spiro atoms. The summed E-state index contributed by atoms with van der Waals surface area (Å²) >= 11 is 0. The van der Waals surface area contributed by atoms with Gasteiger partial charge in [0.2, 0.25) is 5.91 Å². The van der Waals surface area contributed by atoms with Crippen LogP contribution in [0.15, 0.2) is 48.5 Å². The number of rotatable bonds is 7. The van der Waals surface area contributed by atoms with Gasteiger partial charge in [0, 0.05) is 50.4 Å². The summed E-state index contributed by atoms with van der Waals surface area (Å²) < 4.78 is 13.2. The van der Waals surface area contributed by atoms with Gasteiger partial charge in [-0.1, -0.05) is 31.0 Å². The van der Waals surface area contributed by atoms with Gasteiger partial charge in [0.05, 0.1) is 11.0 Å². The summed E-state index contributed by atoms with van der Waals surface area (Å²) in [7, 11) is 0. The minimum Gasteiger partial charge on any atom is -0.351 e. The first kappa shape index (κ1) is 23.8. The van der Waals surface area contributed by atoms with Crippen molar-refractivity contribution in [3.8, 4) is 0 Å². The van der Waals surface area contributed by atoms with Crippen LogP contribution in [0.1, 0.15) is 41.6 Å². The second-order valence-corrected chi connectivity index (χ2v) is 8.97. The van der Waals surface area contributed by atoms with Gasteiger partial charge >= 0.3 is 0 Å². The fourth-order valence-corrected chi connectivity index (χ4v) is 4.99. The van der Waals surface area contributed by atoms with Crippen molar-refractivity contribution >= 4 is 17.5 Å². The summed E-state index contributed by atoms with van der Waals surface area (Å²) in [5, 5.41) is 14.1. The zero-order chi connectivity index (χ0) is 24.1. The Morgan fingerprint density at radius 1 is 1.06 bits per heavy atom. The minimum atomic E-state index is -0.508. The topological polar surface area (TPSA) is 95.8 Å². The molecule has 2 aromatic carbocycles. The molecule has 1 N–H and O–H groups in total. The fourth-order valence-electron chi connectivity index (χ4n) is 4.99. The average Bonchev–Trinajstić information content (AvgIpc) is 3.38. The second kappa shape index (κ2) is 10.7. The van der Waals surface area contributed by atoms with Gasteiger partial charge in [0.15, 0.2) is 0 Å². The molecule has 0 bridgehead atoms. The molecule has 9 heteroatoms. The number of nitrogens with zero attached hydrogens (tertiary/aromatic N) is 3. The first-order valence-electron chi connectivity index (χ1n) is 11.7. The van der Waals surface area contributed by atoms with Crippen molar-refractivity contribution in [1.82, 2.24) is 15.1 Å². The van der Waals surface area contributed by atoms with Gasteiger partial charge in [0.1, 0.15) is 5.82 Å². The zero-order valence-electron chi connectivity index (χ0n) is 19.0. The van der Waals surface area contributed by atoms with E-state index in [-0.39, 0.29) is 35.3 Å². The molecule has 2 amide bonds.